The number of aromatic nitrogens is 3. The molecule has 0 bridgehead atoms. The zero-order valence-electron chi connectivity index (χ0n) is 20.5. The van der Waals surface area contributed by atoms with Gasteiger partial charge in [0.15, 0.2) is 0 Å². The Balaban J connectivity index is 1.26. The van der Waals surface area contributed by atoms with Crippen LogP contribution in [0.5, 0.6) is 11.6 Å². The van der Waals surface area contributed by atoms with Crippen molar-refractivity contribution in [3.05, 3.63) is 70.3 Å². The van der Waals surface area contributed by atoms with Crippen LogP contribution < -0.4 is 19.7 Å². The first-order valence-corrected chi connectivity index (χ1v) is 12.7. The first-order valence-electron chi connectivity index (χ1n) is 12.4. The second kappa shape index (κ2) is 10.7. The predicted molar refractivity (Wildman–Crippen MR) is 138 cm³/mol. The average Bonchev–Trinajstić information content (AvgIpc) is 2.91. The molecule has 1 N–H and O–H groups in total. The summed E-state index contributed by atoms with van der Waals surface area (Å²) in [7, 11) is 1.59. The number of hydrogen-bond acceptors (Lipinski definition) is 7. The first-order chi connectivity index (χ1) is 17.5. The fourth-order valence-electron chi connectivity index (χ4n) is 4.95. The number of ether oxygens (including phenoxy) is 2. The number of halogens is 1. The number of amides is 1. The van der Waals surface area contributed by atoms with Gasteiger partial charge in [-0.1, -0.05) is 35.9 Å². The van der Waals surface area contributed by atoms with Crippen molar-refractivity contribution in [2.45, 2.75) is 51.2 Å². The number of nitrogens with one attached hydrogen (secondary N) is 1. The number of benzene rings is 1. The molecule has 2 aliphatic rings. The normalized spacial score (nSPS) is 17.9. The first kappa shape index (κ1) is 24.3. The molecule has 3 heterocycles. The lowest BCUT2D eigenvalue weighted by Gasteiger charge is -2.34. The summed E-state index contributed by atoms with van der Waals surface area (Å²) >= 11 is 6.47. The molecule has 36 heavy (non-hydrogen) atoms. The van der Waals surface area contributed by atoms with Gasteiger partial charge >= 0.3 is 0 Å². The summed E-state index contributed by atoms with van der Waals surface area (Å²) in [6.45, 7) is 3.36. The summed E-state index contributed by atoms with van der Waals surface area (Å²) in [5, 5.41) is 3.44. The van der Waals surface area contributed by atoms with Crippen molar-refractivity contribution >= 4 is 23.3 Å². The minimum Gasteiger partial charge on any atom is -0.489 e. The van der Waals surface area contributed by atoms with Crippen molar-refractivity contribution in [1.29, 1.82) is 0 Å². The lowest BCUT2D eigenvalue weighted by Crippen LogP contribution is -2.39. The van der Waals surface area contributed by atoms with E-state index in [0.29, 0.717) is 16.9 Å². The van der Waals surface area contributed by atoms with E-state index < -0.39 is 0 Å². The van der Waals surface area contributed by atoms with Gasteiger partial charge in [-0.3, -0.25) is 4.79 Å². The molecule has 0 saturated carbocycles. The molecule has 1 saturated heterocycles. The number of rotatable bonds is 6. The molecule has 1 atom stereocenters. The van der Waals surface area contributed by atoms with E-state index in [1.165, 1.54) is 11.1 Å². The number of methoxy groups -OCH3 is 1. The largest absolute Gasteiger partial charge is 0.489 e. The molecule has 1 fully saturated rings. The van der Waals surface area contributed by atoms with Crippen molar-refractivity contribution in [3.8, 4) is 11.6 Å². The molecule has 1 aliphatic heterocycles. The Morgan fingerprint density at radius 1 is 1.11 bits per heavy atom. The quantitative estimate of drug-likeness (QED) is 0.484. The number of anilines is 1. The van der Waals surface area contributed by atoms with Crippen molar-refractivity contribution in [3.63, 3.8) is 0 Å². The van der Waals surface area contributed by atoms with Gasteiger partial charge in [0.1, 0.15) is 22.8 Å². The molecule has 9 heteroatoms. The number of pyridine rings is 1. The number of nitrogens with zero attached hydrogens (tertiary/aromatic N) is 4. The third-order valence-electron chi connectivity index (χ3n) is 6.90. The standard InChI is InChI=1S/C27H30ClN5O3/c1-17-24(28)31-25(27(34)30-22-9-5-7-18-6-3-4-8-21(18)22)32-26(17)33-14-12-19(13-15-33)36-20-10-11-23(35-2)29-16-20/h3-4,6,8,10-11,16,19,22H,5,7,9,12-15H2,1-2H3,(H,30,34)/t22-/m1/s1. The number of aryl methyl sites for hydroxylation is 1. The predicted octanol–water partition coefficient (Wildman–Crippen LogP) is 4.70. The van der Waals surface area contributed by atoms with Crippen LogP contribution in [0.2, 0.25) is 5.15 Å². The third kappa shape index (κ3) is 5.23. The molecule has 3 aromatic rings. The van der Waals surface area contributed by atoms with Crippen LogP contribution in [0, 0.1) is 6.92 Å². The molecular weight excluding hydrogens is 478 g/mol. The maximum Gasteiger partial charge on any atom is 0.289 e. The highest BCUT2D eigenvalue weighted by Crippen LogP contribution is 2.31. The molecule has 0 spiro atoms. The monoisotopic (exact) mass is 507 g/mol. The van der Waals surface area contributed by atoms with Crippen molar-refractivity contribution in [2.75, 3.05) is 25.1 Å². The van der Waals surface area contributed by atoms with Gasteiger partial charge in [0.2, 0.25) is 11.7 Å². The van der Waals surface area contributed by atoms with E-state index in [4.69, 9.17) is 21.1 Å². The summed E-state index contributed by atoms with van der Waals surface area (Å²) in [5.41, 5.74) is 3.23. The van der Waals surface area contributed by atoms with Crippen LogP contribution >= 0.6 is 11.6 Å². The van der Waals surface area contributed by atoms with Crippen LogP contribution in [0.3, 0.4) is 0 Å². The highest BCUT2D eigenvalue weighted by atomic mass is 35.5. The summed E-state index contributed by atoms with van der Waals surface area (Å²) in [6.07, 6.45) is 6.34. The number of carbonyl (C=O) groups is 1. The van der Waals surface area contributed by atoms with Gasteiger partial charge in [0.25, 0.3) is 5.91 Å². The van der Waals surface area contributed by atoms with Gasteiger partial charge in [-0.2, -0.15) is 0 Å². The summed E-state index contributed by atoms with van der Waals surface area (Å²) in [6, 6.07) is 11.9. The topological polar surface area (TPSA) is 89.5 Å². The zero-order chi connectivity index (χ0) is 25.1. The molecule has 1 amide bonds. The number of fused-ring (bicyclic) bond motifs is 1. The fraction of sp³-hybridized carbons (Fsp3) is 0.407. The maximum absolute atomic E-state index is 13.2. The molecular formula is C27H30ClN5O3. The molecule has 1 aromatic carbocycles. The minimum atomic E-state index is -0.301. The van der Waals surface area contributed by atoms with Gasteiger partial charge in [0.05, 0.1) is 19.3 Å². The number of piperidine rings is 1. The van der Waals surface area contributed by atoms with Crippen molar-refractivity contribution in [2.24, 2.45) is 0 Å². The Hall–Kier alpha value is -3.39. The zero-order valence-corrected chi connectivity index (χ0v) is 21.3. The van der Waals surface area contributed by atoms with Crippen LogP contribution in [0.1, 0.15) is 59.0 Å². The molecule has 0 unspecified atom stereocenters. The smallest absolute Gasteiger partial charge is 0.289 e. The highest BCUT2D eigenvalue weighted by Gasteiger charge is 2.27. The molecule has 188 valence electrons. The molecule has 1 aliphatic carbocycles. The Morgan fingerprint density at radius 2 is 1.92 bits per heavy atom. The Morgan fingerprint density at radius 3 is 2.67 bits per heavy atom. The van der Waals surface area contributed by atoms with Crippen LogP contribution in [-0.2, 0) is 6.42 Å². The van der Waals surface area contributed by atoms with E-state index in [0.717, 1.165) is 56.5 Å². The molecule has 2 aromatic heterocycles. The SMILES string of the molecule is COc1ccc(OC2CCN(c3nc(C(=O)N[C@@H]4CCCc5ccccc54)nc(Cl)c3C)CC2)cn1. The van der Waals surface area contributed by atoms with Crippen LogP contribution in [0.4, 0.5) is 5.82 Å². The van der Waals surface area contributed by atoms with E-state index in [2.05, 4.69) is 37.3 Å². The van der Waals surface area contributed by atoms with Gasteiger partial charge in [0, 0.05) is 37.6 Å². The number of carbonyl (C=O) groups excluding carboxylic acids is 1. The molecule has 0 radical (unpaired) electrons. The van der Waals surface area contributed by atoms with E-state index in [1.807, 2.05) is 25.1 Å². The average molecular weight is 508 g/mol. The van der Waals surface area contributed by atoms with Crippen LogP contribution in [0.25, 0.3) is 0 Å². The second-order valence-electron chi connectivity index (χ2n) is 9.24. The summed E-state index contributed by atoms with van der Waals surface area (Å²) < 4.78 is 11.2. The van der Waals surface area contributed by atoms with Crippen molar-refractivity contribution in [1.82, 2.24) is 20.3 Å². The molecule has 5 rings (SSSR count). The minimum absolute atomic E-state index is 0.0464. The van der Waals surface area contributed by atoms with Crippen LogP contribution in [0.15, 0.2) is 42.6 Å². The maximum atomic E-state index is 13.2. The Kier molecular flexibility index (Phi) is 7.23. The summed E-state index contributed by atoms with van der Waals surface area (Å²) in [5.74, 6) is 1.78. The number of hydrogen-bond donors (Lipinski definition) is 1. The third-order valence-corrected chi connectivity index (χ3v) is 7.27. The molecule has 8 nitrogen and oxygen atoms in total. The van der Waals surface area contributed by atoms with Crippen molar-refractivity contribution < 1.29 is 14.3 Å². The Labute approximate surface area is 216 Å². The van der Waals surface area contributed by atoms with E-state index in [1.54, 1.807) is 19.4 Å². The van der Waals surface area contributed by atoms with Gasteiger partial charge in [-0.05, 0) is 43.4 Å². The van der Waals surface area contributed by atoms with E-state index >= 15 is 0 Å². The van der Waals surface area contributed by atoms with E-state index in [-0.39, 0.29) is 23.9 Å². The lowest BCUT2D eigenvalue weighted by atomic mass is 9.88. The van der Waals surface area contributed by atoms with Gasteiger partial charge < -0.3 is 19.7 Å². The van der Waals surface area contributed by atoms with Gasteiger partial charge in [-0.25, -0.2) is 15.0 Å². The fourth-order valence-corrected chi connectivity index (χ4v) is 5.11. The highest BCUT2D eigenvalue weighted by molar-refractivity contribution is 6.30. The Bertz CT molecular complexity index is 1230. The second-order valence-corrected chi connectivity index (χ2v) is 9.60. The summed E-state index contributed by atoms with van der Waals surface area (Å²) in [4.78, 5) is 28.5. The van der Waals surface area contributed by atoms with Crippen LogP contribution in [-0.4, -0.2) is 47.2 Å². The van der Waals surface area contributed by atoms with E-state index in [9.17, 15) is 4.79 Å². The van der Waals surface area contributed by atoms with Gasteiger partial charge in [-0.15, -0.1) is 0 Å². The lowest BCUT2D eigenvalue weighted by molar-refractivity contribution is 0.0922.